The summed E-state index contributed by atoms with van der Waals surface area (Å²) in [5, 5.41) is -0.766. The molecule has 0 saturated carbocycles. The van der Waals surface area contributed by atoms with E-state index in [1.807, 2.05) is 0 Å². The second-order valence-corrected chi connectivity index (χ2v) is 5.97. The second-order valence-electron chi connectivity index (χ2n) is 5.45. The number of pyridine rings is 1. The molecule has 138 valence electrons. The average Bonchev–Trinajstić information content (AvgIpc) is 2.98. The van der Waals surface area contributed by atoms with Crippen LogP contribution in [0.25, 0.3) is 11.0 Å². The van der Waals surface area contributed by atoms with Gasteiger partial charge in [0.1, 0.15) is 16.8 Å². The highest BCUT2D eigenvalue weighted by atomic mass is 32.1. The van der Waals surface area contributed by atoms with Crippen LogP contribution in [0.4, 0.5) is 22.0 Å². The Kier molecular flexibility index (Phi) is 4.78. The minimum absolute atomic E-state index is 0.0560. The Morgan fingerprint density at radius 3 is 2.58 bits per heavy atom. The molecule has 0 radical (unpaired) electrons. The van der Waals surface area contributed by atoms with E-state index in [0.29, 0.717) is 16.8 Å². The maximum atomic E-state index is 12.8. The SMILES string of the molecule is Cc1c(OC(F)F)ccnc1C(S)c1nc2ccc(C(F)(F)F)cc2[nH]1. The summed E-state index contributed by atoms with van der Waals surface area (Å²) < 4.78 is 67.8. The highest BCUT2D eigenvalue weighted by Crippen LogP contribution is 2.34. The van der Waals surface area contributed by atoms with Gasteiger partial charge in [0.15, 0.2) is 0 Å². The van der Waals surface area contributed by atoms with Gasteiger partial charge in [-0.3, -0.25) is 4.98 Å². The fraction of sp³-hybridized carbons (Fsp3) is 0.250. The zero-order chi connectivity index (χ0) is 19.1. The summed E-state index contributed by atoms with van der Waals surface area (Å²) in [5.74, 6) is 0.187. The number of aromatic nitrogens is 3. The summed E-state index contributed by atoms with van der Waals surface area (Å²) in [5.41, 5.74) is 0.347. The van der Waals surface area contributed by atoms with Crippen LogP contribution >= 0.6 is 12.6 Å². The molecule has 2 heterocycles. The Labute approximate surface area is 149 Å². The van der Waals surface area contributed by atoms with Crippen molar-refractivity contribution in [1.29, 1.82) is 0 Å². The number of imidazole rings is 1. The molecule has 3 rings (SSSR count). The van der Waals surface area contributed by atoms with E-state index in [4.69, 9.17) is 0 Å². The topological polar surface area (TPSA) is 50.8 Å². The van der Waals surface area contributed by atoms with Gasteiger partial charge in [0.25, 0.3) is 0 Å². The van der Waals surface area contributed by atoms with Gasteiger partial charge < -0.3 is 9.72 Å². The van der Waals surface area contributed by atoms with E-state index in [9.17, 15) is 22.0 Å². The van der Waals surface area contributed by atoms with Crippen LogP contribution in [0.2, 0.25) is 0 Å². The van der Waals surface area contributed by atoms with Crippen molar-refractivity contribution in [2.24, 2.45) is 0 Å². The first kappa shape index (κ1) is 18.4. The Hall–Kier alpha value is -2.36. The number of rotatable bonds is 4. The maximum Gasteiger partial charge on any atom is 0.416 e. The predicted molar refractivity (Wildman–Crippen MR) is 87.5 cm³/mol. The highest BCUT2D eigenvalue weighted by molar-refractivity contribution is 7.80. The van der Waals surface area contributed by atoms with Gasteiger partial charge in [-0.05, 0) is 31.2 Å². The first-order valence-corrected chi connectivity index (χ1v) is 7.83. The molecule has 10 heteroatoms. The highest BCUT2D eigenvalue weighted by Gasteiger charge is 2.31. The molecule has 1 aromatic carbocycles. The van der Waals surface area contributed by atoms with Crippen LogP contribution in [0.15, 0.2) is 30.5 Å². The fourth-order valence-corrected chi connectivity index (χ4v) is 2.88. The van der Waals surface area contributed by atoms with Crippen molar-refractivity contribution in [3.05, 3.63) is 53.1 Å². The van der Waals surface area contributed by atoms with Gasteiger partial charge in [0.05, 0.1) is 22.3 Å². The third kappa shape index (κ3) is 3.59. The quantitative estimate of drug-likeness (QED) is 0.493. The van der Waals surface area contributed by atoms with E-state index in [1.54, 1.807) is 0 Å². The Bertz CT molecular complexity index is 941. The molecule has 0 spiro atoms. The van der Waals surface area contributed by atoms with E-state index in [1.165, 1.54) is 25.3 Å². The molecule has 0 saturated heterocycles. The van der Waals surface area contributed by atoms with Crippen molar-refractivity contribution >= 4 is 23.7 Å². The Morgan fingerprint density at radius 2 is 1.92 bits per heavy atom. The van der Waals surface area contributed by atoms with E-state index in [0.717, 1.165) is 12.1 Å². The van der Waals surface area contributed by atoms with Crippen molar-refractivity contribution in [1.82, 2.24) is 15.0 Å². The number of halogens is 5. The van der Waals surface area contributed by atoms with E-state index in [-0.39, 0.29) is 17.1 Å². The lowest BCUT2D eigenvalue weighted by Crippen LogP contribution is -2.07. The van der Waals surface area contributed by atoms with Crippen LogP contribution in [0.1, 0.15) is 27.9 Å². The summed E-state index contributed by atoms with van der Waals surface area (Å²) in [6.45, 7) is -1.46. The first-order valence-electron chi connectivity index (χ1n) is 7.32. The number of aromatic amines is 1. The summed E-state index contributed by atoms with van der Waals surface area (Å²) in [4.78, 5) is 11.1. The van der Waals surface area contributed by atoms with Gasteiger partial charge >= 0.3 is 12.8 Å². The third-order valence-corrected chi connectivity index (χ3v) is 4.24. The number of ether oxygens (including phenoxy) is 1. The Morgan fingerprint density at radius 1 is 1.19 bits per heavy atom. The van der Waals surface area contributed by atoms with Gasteiger partial charge in [-0.1, -0.05) is 0 Å². The van der Waals surface area contributed by atoms with Crippen LogP contribution in [-0.2, 0) is 6.18 Å². The average molecular weight is 389 g/mol. The van der Waals surface area contributed by atoms with Crippen LogP contribution in [0.3, 0.4) is 0 Å². The monoisotopic (exact) mass is 389 g/mol. The summed E-state index contributed by atoms with van der Waals surface area (Å²) in [6, 6.07) is 4.42. The second kappa shape index (κ2) is 6.75. The van der Waals surface area contributed by atoms with Gasteiger partial charge in [0, 0.05) is 11.8 Å². The number of fused-ring (bicyclic) bond motifs is 1. The predicted octanol–water partition coefficient (Wildman–Crippen LogP) is 4.91. The summed E-state index contributed by atoms with van der Waals surface area (Å²) >= 11 is 4.39. The van der Waals surface area contributed by atoms with Gasteiger partial charge in [-0.15, -0.1) is 0 Å². The lowest BCUT2D eigenvalue weighted by molar-refractivity contribution is -0.137. The van der Waals surface area contributed by atoms with Crippen LogP contribution < -0.4 is 4.74 Å². The number of benzene rings is 1. The number of nitrogens with zero attached hydrogens (tertiary/aromatic N) is 2. The number of thiol groups is 1. The number of hydrogen-bond acceptors (Lipinski definition) is 4. The molecule has 0 bridgehead atoms. The largest absolute Gasteiger partial charge is 0.434 e. The van der Waals surface area contributed by atoms with Crippen molar-refractivity contribution in [3.63, 3.8) is 0 Å². The molecule has 0 fully saturated rings. The zero-order valence-corrected chi connectivity index (χ0v) is 14.1. The normalized spacial score (nSPS) is 13.4. The molecular weight excluding hydrogens is 377 g/mol. The first-order chi connectivity index (χ1) is 12.2. The van der Waals surface area contributed by atoms with Crippen molar-refractivity contribution in [2.75, 3.05) is 0 Å². The van der Waals surface area contributed by atoms with Crippen molar-refractivity contribution < 1.29 is 26.7 Å². The molecule has 0 aliphatic heterocycles. The van der Waals surface area contributed by atoms with E-state index >= 15 is 0 Å². The van der Waals surface area contributed by atoms with Crippen molar-refractivity contribution in [2.45, 2.75) is 25.0 Å². The van der Waals surface area contributed by atoms with Crippen LogP contribution in [0.5, 0.6) is 5.75 Å². The molecular formula is C16H12F5N3OS. The molecule has 2 aromatic heterocycles. The molecule has 0 aliphatic rings. The fourth-order valence-electron chi connectivity index (χ4n) is 2.50. The summed E-state index contributed by atoms with van der Waals surface area (Å²) in [7, 11) is 0. The lowest BCUT2D eigenvalue weighted by Gasteiger charge is -2.14. The molecule has 1 N–H and O–H groups in total. The minimum atomic E-state index is -4.47. The molecule has 1 atom stereocenters. The van der Waals surface area contributed by atoms with Gasteiger partial charge in [-0.25, -0.2) is 4.98 Å². The third-order valence-electron chi connectivity index (χ3n) is 3.75. The van der Waals surface area contributed by atoms with Crippen LogP contribution in [-0.4, -0.2) is 21.6 Å². The van der Waals surface area contributed by atoms with Crippen LogP contribution in [0, 0.1) is 6.92 Å². The summed E-state index contributed by atoms with van der Waals surface area (Å²) in [6.07, 6.45) is -3.19. The molecule has 26 heavy (non-hydrogen) atoms. The standard InChI is InChI=1S/C16H12F5N3OS/c1-7-11(25-15(17)18)4-5-22-12(7)13(26)14-23-9-3-2-8(16(19,20)21)6-10(9)24-14/h2-6,13,15,26H,1H3,(H,23,24). The molecule has 0 amide bonds. The minimum Gasteiger partial charge on any atom is -0.434 e. The zero-order valence-electron chi connectivity index (χ0n) is 13.2. The van der Waals surface area contributed by atoms with E-state index in [2.05, 4.69) is 32.3 Å². The van der Waals surface area contributed by atoms with Gasteiger partial charge in [0.2, 0.25) is 0 Å². The molecule has 4 nitrogen and oxygen atoms in total. The van der Waals surface area contributed by atoms with E-state index < -0.39 is 23.6 Å². The number of hydrogen-bond donors (Lipinski definition) is 2. The van der Waals surface area contributed by atoms with Gasteiger partial charge in [-0.2, -0.15) is 34.6 Å². The van der Waals surface area contributed by atoms with Crippen molar-refractivity contribution in [3.8, 4) is 5.75 Å². The maximum absolute atomic E-state index is 12.8. The number of nitrogens with one attached hydrogen (secondary N) is 1. The number of alkyl halides is 5. The number of H-pyrrole nitrogens is 1. The Balaban J connectivity index is 1.99. The molecule has 0 aliphatic carbocycles. The molecule has 3 aromatic rings. The molecule has 1 unspecified atom stereocenters. The smallest absolute Gasteiger partial charge is 0.416 e. The lowest BCUT2D eigenvalue weighted by atomic mass is 10.1.